The van der Waals surface area contributed by atoms with Gasteiger partial charge in [0.1, 0.15) is 17.0 Å². The molecule has 4 aromatic heterocycles. The predicted octanol–water partition coefficient (Wildman–Crippen LogP) is 4.33. The lowest BCUT2D eigenvalue weighted by atomic mass is 9.82. The first-order valence-corrected chi connectivity index (χ1v) is 13.2. The Morgan fingerprint density at radius 3 is 2.55 bits per heavy atom. The molecular weight excluding hydrogens is 512 g/mol. The van der Waals surface area contributed by atoms with E-state index in [1.807, 2.05) is 42.6 Å². The quantitative estimate of drug-likeness (QED) is 0.319. The van der Waals surface area contributed by atoms with E-state index in [2.05, 4.69) is 32.4 Å². The maximum atomic E-state index is 13.8. The monoisotopic (exact) mass is 540 g/mol. The van der Waals surface area contributed by atoms with Crippen molar-refractivity contribution in [3.05, 3.63) is 71.9 Å². The van der Waals surface area contributed by atoms with Gasteiger partial charge in [0.25, 0.3) is 0 Å². The van der Waals surface area contributed by atoms with Crippen LogP contribution in [0.4, 0.5) is 5.82 Å². The molecule has 12 nitrogen and oxygen atoms in total. The lowest BCUT2D eigenvalue weighted by Gasteiger charge is -2.30. The van der Waals surface area contributed by atoms with Gasteiger partial charge in [0.15, 0.2) is 11.5 Å². The molecule has 0 spiro atoms. The minimum Gasteiger partial charge on any atom is -0.477 e. The number of benzene rings is 1. The zero-order valence-corrected chi connectivity index (χ0v) is 22.1. The van der Waals surface area contributed by atoms with Crippen LogP contribution in [0.25, 0.3) is 22.6 Å². The molecule has 1 fully saturated rings. The Hall–Kier alpha value is -4.87. The second-order valence-electron chi connectivity index (χ2n) is 10.3. The molecule has 0 aliphatic heterocycles. The number of aromatic carboxylic acids is 1. The highest BCUT2D eigenvalue weighted by Crippen LogP contribution is 2.33. The summed E-state index contributed by atoms with van der Waals surface area (Å²) in [6, 6.07) is 11.1. The van der Waals surface area contributed by atoms with Crippen molar-refractivity contribution in [1.29, 1.82) is 0 Å². The average molecular weight is 541 g/mol. The van der Waals surface area contributed by atoms with E-state index in [-0.39, 0.29) is 29.8 Å². The SMILES string of the molecule is Cc1nonc1CN(C(=O)C1CCC(C)CC1)c1nn(-c2ccc(-c3cc4ncccn4n3)cc2)cc1C(=O)O. The fourth-order valence-corrected chi connectivity index (χ4v) is 5.13. The molecule has 1 amide bonds. The van der Waals surface area contributed by atoms with Gasteiger partial charge in [-0.3, -0.25) is 9.69 Å². The molecule has 1 aliphatic rings. The van der Waals surface area contributed by atoms with Crippen molar-refractivity contribution in [2.75, 3.05) is 4.90 Å². The third-order valence-corrected chi connectivity index (χ3v) is 7.53. The molecule has 0 unspecified atom stereocenters. The number of carboxylic acids is 1. The molecule has 1 saturated carbocycles. The number of nitrogens with zero attached hydrogens (tertiary/aromatic N) is 8. The molecule has 1 aliphatic carbocycles. The first-order valence-electron chi connectivity index (χ1n) is 13.2. The van der Waals surface area contributed by atoms with E-state index in [1.165, 1.54) is 15.8 Å². The summed E-state index contributed by atoms with van der Waals surface area (Å²) < 4.78 is 8.03. The van der Waals surface area contributed by atoms with Gasteiger partial charge in [0.2, 0.25) is 5.91 Å². The molecule has 0 atom stereocenters. The Labute approximate surface area is 229 Å². The van der Waals surface area contributed by atoms with Crippen LogP contribution in [0.1, 0.15) is 54.4 Å². The van der Waals surface area contributed by atoms with Crippen LogP contribution in [0.15, 0.2) is 59.6 Å². The summed E-state index contributed by atoms with van der Waals surface area (Å²) in [5.74, 6) is -0.942. The van der Waals surface area contributed by atoms with Crippen LogP contribution in [-0.4, -0.2) is 51.7 Å². The Bertz CT molecular complexity index is 1640. The highest BCUT2D eigenvalue weighted by molar-refractivity contribution is 6.01. The smallest absolute Gasteiger partial charge is 0.341 e. The number of hydrogen-bond acceptors (Lipinski definition) is 8. The highest BCUT2D eigenvalue weighted by Gasteiger charge is 2.34. The van der Waals surface area contributed by atoms with Crippen molar-refractivity contribution in [2.45, 2.75) is 46.1 Å². The summed E-state index contributed by atoms with van der Waals surface area (Å²) >= 11 is 0. The Kier molecular flexibility index (Phi) is 6.58. The van der Waals surface area contributed by atoms with E-state index < -0.39 is 5.97 Å². The topological polar surface area (TPSA) is 145 Å². The number of aromatic nitrogens is 7. The van der Waals surface area contributed by atoms with Gasteiger partial charge >= 0.3 is 5.97 Å². The fraction of sp³-hybridized carbons (Fsp3) is 0.321. The van der Waals surface area contributed by atoms with Gasteiger partial charge in [-0.05, 0) is 56.7 Å². The Balaban J connectivity index is 1.35. The minimum atomic E-state index is -1.18. The summed E-state index contributed by atoms with van der Waals surface area (Å²) in [4.78, 5) is 31.9. The van der Waals surface area contributed by atoms with E-state index in [1.54, 1.807) is 17.6 Å². The summed E-state index contributed by atoms with van der Waals surface area (Å²) in [5, 5.41) is 27.0. The second-order valence-corrected chi connectivity index (χ2v) is 10.3. The van der Waals surface area contributed by atoms with Crippen LogP contribution in [0, 0.1) is 18.8 Å². The molecule has 6 rings (SSSR count). The molecule has 5 aromatic rings. The van der Waals surface area contributed by atoms with Crippen molar-refractivity contribution < 1.29 is 19.3 Å². The summed E-state index contributed by atoms with van der Waals surface area (Å²) in [6.45, 7) is 3.93. The highest BCUT2D eigenvalue weighted by atomic mass is 16.6. The summed E-state index contributed by atoms with van der Waals surface area (Å²) in [5.41, 5.74) is 3.91. The largest absolute Gasteiger partial charge is 0.477 e. The molecular formula is C28H28N8O4. The van der Waals surface area contributed by atoms with Crippen LogP contribution in [0.2, 0.25) is 0 Å². The van der Waals surface area contributed by atoms with Crippen molar-refractivity contribution in [1.82, 2.24) is 34.7 Å². The zero-order valence-electron chi connectivity index (χ0n) is 22.1. The number of anilines is 1. The lowest BCUT2D eigenvalue weighted by Crippen LogP contribution is -2.38. The fourth-order valence-electron chi connectivity index (χ4n) is 5.13. The zero-order chi connectivity index (χ0) is 27.8. The number of amides is 1. The summed E-state index contributed by atoms with van der Waals surface area (Å²) in [6.07, 6.45) is 8.36. The molecule has 0 saturated heterocycles. The second kappa shape index (κ2) is 10.4. The standard InChI is InChI=1S/C28H28N8O4/c1-17-4-6-20(7-5-17)27(37)34(16-24-18(2)32-40-33-24)26-22(28(38)39)15-36(31-26)21-10-8-19(9-11-21)23-14-25-29-12-3-13-35(25)30-23/h3,8-15,17,20H,4-7,16H2,1-2H3,(H,38,39). The number of fused-ring (bicyclic) bond motifs is 1. The molecule has 12 heteroatoms. The minimum absolute atomic E-state index is 0.0123. The first kappa shape index (κ1) is 25.4. The predicted molar refractivity (Wildman–Crippen MR) is 144 cm³/mol. The first-order chi connectivity index (χ1) is 19.4. The van der Waals surface area contributed by atoms with Gasteiger partial charge in [-0.25, -0.2) is 23.6 Å². The maximum absolute atomic E-state index is 13.8. The molecule has 204 valence electrons. The van der Waals surface area contributed by atoms with E-state index in [0.717, 1.165) is 42.6 Å². The maximum Gasteiger partial charge on any atom is 0.341 e. The van der Waals surface area contributed by atoms with Crippen molar-refractivity contribution in [3.8, 4) is 16.9 Å². The van der Waals surface area contributed by atoms with Crippen LogP contribution in [-0.2, 0) is 11.3 Å². The van der Waals surface area contributed by atoms with E-state index in [0.29, 0.717) is 23.0 Å². The Morgan fingerprint density at radius 2 is 1.88 bits per heavy atom. The van der Waals surface area contributed by atoms with Gasteiger partial charge in [-0.15, -0.1) is 5.10 Å². The number of hydrogen-bond donors (Lipinski definition) is 1. The number of carbonyl (C=O) groups is 2. The third kappa shape index (κ3) is 4.83. The van der Waals surface area contributed by atoms with Gasteiger partial charge in [0, 0.05) is 36.1 Å². The third-order valence-electron chi connectivity index (χ3n) is 7.53. The number of aryl methyl sites for hydroxylation is 1. The van der Waals surface area contributed by atoms with Crippen LogP contribution < -0.4 is 4.90 Å². The normalized spacial score (nSPS) is 17.2. The lowest BCUT2D eigenvalue weighted by molar-refractivity contribution is -0.123. The van der Waals surface area contributed by atoms with E-state index >= 15 is 0 Å². The van der Waals surface area contributed by atoms with Gasteiger partial charge in [-0.1, -0.05) is 29.4 Å². The van der Waals surface area contributed by atoms with Crippen LogP contribution >= 0.6 is 0 Å². The number of carboxylic acid groups (broad SMARTS) is 1. The van der Waals surface area contributed by atoms with Crippen molar-refractivity contribution >= 4 is 23.3 Å². The molecule has 0 radical (unpaired) electrons. The van der Waals surface area contributed by atoms with Gasteiger partial charge in [-0.2, -0.15) is 5.10 Å². The molecule has 4 heterocycles. The van der Waals surface area contributed by atoms with Gasteiger partial charge in [0.05, 0.1) is 17.9 Å². The Morgan fingerprint density at radius 1 is 1.10 bits per heavy atom. The molecule has 1 aromatic carbocycles. The number of rotatable bonds is 7. The van der Waals surface area contributed by atoms with Crippen LogP contribution in [0.3, 0.4) is 0 Å². The summed E-state index contributed by atoms with van der Waals surface area (Å²) in [7, 11) is 0. The van der Waals surface area contributed by atoms with Crippen molar-refractivity contribution in [3.63, 3.8) is 0 Å². The van der Waals surface area contributed by atoms with E-state index in [4.69, 9.17) is 4.63 Å². The van der Waals surface area contributed by atoms with Gasteiger partial charge < -0.3 is 5.11 Å². The van der Waals surface area contributed by atoms with E-state index in [9.17, 15) is 14.7 Å². The number of carbonyl (C=O) groups excluding carboxylic acids is 1. The molecule has 1 N–H and O–H groups in total. The average Bonchev–Trinajstić information content (AvgIpc) is 3.70. The van der Waals surface area contributed by atoms with Crippen molar-refractivity contribution in [2.24, 2.45) is 11.8 Å². The molecule has 40 heavy (non-hydrogen) atoms. The van der Waals surface area contributed by atoms with Crippen LogP contribution in [0.5, 0.6) is 0 Å². The molecule has 0 bridgehead atoms.